The Labute approximate surface area is 194 Å². The quantitative estimate of drug-likeness (QED) is 0.518. The summed E-state index contributed by atoms with van der Waals surface area (Å²) >= 11 is 0. The van der Waals surface area contributed by atoms with E-state index in [1.54, 1.807) is 0 Å². The summed E-state index contributed by atoms with van der Waals surface area (Å²) in [7, 11) is 0. The smallest absolute Gasteiger partial charge is 0.408 e. The van der Waals surface area contributed by atoms with E-state index in [2.05, 4.69) is 10.4 Å². The number of nitrogens with one attached hydrogen (secondary N) is 1. The van der Waals surface area contributed by atoms with Crippen LogP contribution in [0.1, 0.15) is 65.7 Å². The molecule has 1 unspecified atom stereocenters. The zero-order valence-corrected chi connectivity index (χ0v) is 20.0. The fourth-order valence-corrected chi connectivity index (χ4v) is 4.11. The molecule has 1 amide bonds. The minimum Gasteiger partial charge on any atom is -0.507 e. The Kier molecular flexibility index (Phi) is 6.10. The summed E-state index contributed by atoms with van der Waals surface area (Å²) in [5, 5.41) is 19.2. The first kappa shape index (κ1) is 23.1. The molecule has 1 atom stereocenters. The zero-order valence-electron chi connectivity index (χ0n) is 20.0. The topological polar surface area (TPSA) is 85.6 Å². The maximum absolute atomic E-state index is 12.2. The number of rotatable bonds is 4. The number of carbonyl (C=O) groups excluding carboxylic acids is 1. The van der Waals surface area contributed by atoms with Crippen LogP contribution in [0, 0.1) is 0 Å². The number of aromatic hydroxyl groups is 1. The molecule has 7 heteroatoms. The molecule has 1 aliphatic heterocycles. The average molecular weight is 452 g/mol. The van der Waals surface area contributed by atoms with Crippen LogP contribution in [-0.2, 0) is 15.0 Å². The fraction of sp³-hybridized carbons (Fsp3) is 0.462. The third-order valence-electron chi connectivity index (χ3n) is 5.86. The van der Waals surface area contributed by atoms with Gasteiger partial charge in [-0.25, -0.2) is 9.48 Å². The Hall–Kier alpha value is -3.06. The number of fused-ring (bicyclic) bond motifs is 1. The predicted octanol–water partition coefficient (Wildman–Crippen LogP) is 5.87. The lowest BCUT2D eigenvalue weighted by atomic mass is 9.92. The molecule has 0 radical (unpaired) electrons. The number of aromatic nitrogens is 2. The van der Waals surface area contributed by atoms with Crippen LogP contribution < -0.4 is 5.32 Å². The van der Waals surface area contributed by atoms with E-state index in [4.69, 9.17) is 9.47 Å². The summed E-state index contributed by atoms with van der Waals surface area (Å²) in [6.45, 7) is 10.1. The van der Waals surface area contributed by atoms with Crippen molar-refractivity contribution in [1.29, 1.82) is 0 Å². The Morgan fingerprint density at radius 1 is 1.12 bits per heavy atom. The number of alkyl carbamates (subject to hydrolysis) is 1. The fourth-order valence-electron chi connectivity index (χ4n) is 4.11. The summed E-state index contributed by atoms with van der Waals surface area (Å²) in [5.74, 6) is 0.202. The van der Waals surface area contributed by atoms with Crippen molar-refractivity contribution >= 4 is 17.0 Å². The Balaban J connectivity index is 1.56. The highest BCUT2D eigenvalue weighted by atomic mass is 16.6. The molecular formula is C26H33N3O4. The highest BCUT2D eigenvalue weighted by molar-refractivity contribution is 5.92. The first-order valence-corrected chi connectivity index (χ1v) is 11.5. The van der Waals surface area contributed by atoms with E-state index in [0.717, 1.165) is 48.1 Å². The van der Waals surface area contributed by atoms with Crippen LogP contribution in [0.4, 0.5) is 4.79 Å². The standard InChI is InChI=1S/C26H33N3O4/c1-25(2,3)33-24(31)27-26(4,5)18-11-9-17(10-12-18)19-13-14-21-20(23(19)30)16-29(28-21)22-8-6-7-15-32-22/h9-14,16,22,30H,6-8,15H2,1-5H3,(H,27,31). The van der Waals surface area contributed by atoms with E-state index in [1.165, 1.54) is 0 Å². The van der Waals surface area contributed by atoms with Crippen molar-refractivity contribution < 1.29 is 19.4 Å². The maximum atomic E-state index is 12.2. The van der Waals surface area contributed by atoms with Gasteiger partial charge in [-0.1, -0.05) is 24.3 Å². The number of hydrogen-bond donors (Lipinski definition) is 2. The molecule has 33 heavy (non-hydrogen) atoms. The number of amides is 1. The number of carbonyl (C=O) groups is 1. The van der Waals surface area contributed by atoms with Crippen LogP contribution in [0.15, 0.2) is 42.6 Å². The van der Waals surface area contributed by atoms with Crippen LogP contribution in [-0.4, -0.2) is 33.2 Å². The molecule has 4 rings (SSSR count). The largest absolute Gasteiger partial charge is 0.507 e. The zero-order chi connectivity index (χ0) is 23.8. The molecule has 0 bridgehead atoms. The van der Waals surface area contributed by atoms with Crippen molar-refractivity contribution in [3.8, 4) is 16.9 Å². The second-order valence-corrected chi connectivity index (χ2v) is 10.2. The molecular weight excluding hydrogens is 418 g/mol. The van der Waals surface area contributed by atoms with Gasteiger partial charge in [-0.3, -0.25) is 0 Å². The van der Waals surface area contributed by atoms with Crippen LogP contribution in [0.2, 0.25) is 0 Å². The second kappa shape index (κ2) is 8.71. The van der Waals surface area contributed by atoms with Gasteiger partial charge in [0.15, 0.2) is 0 Å². The Bertz CT molecular complexity index is 1140. The van der Waals surface area contributed by atoms with E-state index in [1.807, 2.05) is 81.9 Å². The van der Waals surface area contributed by atoms with E-state index >= 15 is 0 Å². The Morgan fingerprint density at radius 2 is 1.85 bits per heavy atom. The average Bonchev–Trinajstić information content (AvgIpc) is 3.18. The van der Waals surface area contributed by atoms with Crippen molar-refractivity contribution in [2.24, 2.45) is 0 Å². The molecule has 2 heterocycles. The second-order valence-electron chi connectivity index (χ2n) is 10.2. The number of phenols is 1. The lowest BCUT2D eigenvalue weighted by Gasteiger charge is -2.29. The minimum atomic E-state index is -0.617. The van der Waals surface area contributed by atoms with E-state index in [-0.39, 0.29) is 12.0 Å². The minimum absolute atomic E-state index is 0.0759. The number of phenolic OH excluding ortho intramolecular Hbond substituents is 1. The molecule has 1 fully saturated rings. The van der Waals surface area contributed by atoms with Gasteiger partial charge >= 0.3 is 6.09 Å². The van der Waals surface area contributed by atoms with Gasteiger partial charge in [-0.2, -0.15) is 5.10 Å². The number of ether oxygens (including phenoxy) is 2. The summed E-state index contributed by atoms with van der Waals surface area (Å²) < 4.78 is 13.0. The third kappa shape index (κ3) is 5.14. The SMILES string of the molecule is CC(C)(C)OC(=O)NC(C)(C)c1ccc(-c2ccc3nn(C4CCCCO4)cc3c2O)cc1. The summed E-state index contributed by atoms with van der Waals surface area (Å²) in [5.41, 5.74) is 2.11. The highest BCUT2D eigenvalue weighted by Gasteiger charge is 2.26. The molecule has 0 saturated carbocycles. The van der Waals surface area contributed by atoms with E-state index in [0.29, 0.717) is 5.39 Å². The van der Waals surface area contributed by atoms with Crippen LogP contribution in [0.5, 0.6) is 5.75 Å². The van der Waals surface area contributed by atoms with Crippen molar-refractivity contribution in [2.75, 3.05) is 6.61 Å². The highest BCUT2D eigenvalue weighted by Crippen LogP contribution is 2.37. The van der Waals surface area contributed by atoms with Crippen molar-refractivity contribution in [2.45, 2.75) is 71.2 Å². The lowest BCUT2D eigenvalue weighted by molar-refractivity contribution is -0.0390. The summed E-state index contributed by atoms with van der Waals surface area (Å²) in [6, 6.07) is 11.6. The molecule has 1 saturated heterocycles. The number of nitrogens with zero attached hydrogens (tertiary/aromatic N) is 2. The van der Waals surface area contributed by atoms with Gasteiger partial charge in [0.05, 0.1) is 16.4 Å². The lowest BCUT2D eigenvalue weighted by Crippen LogP contribution is -2.43. The van der Waals surface area contributed by atoms with Gasteiger partial charge in [0.1, 0.15) is 17.6 Å². The van der Waals surface area contributed by atoms with Crippen molar-refractivity contribution in [3.63, 3.8) is 0 Å². The first-order valence-electron chi connectivity index (χ1n) is 11.5. The first-order chi connectivity index (χ1) is 15.5. The molecule has 3 aromatic rings. The van der Waals surface area contributed by atoms with Crippen molar-refractivity contribution in [1.82, 2.24) is 15.1 Å². The third-order valence-corrected chi connectivity index (χ3v) is 5.86. The van der Waals surface area contributed by atoms with Crippen LogP contribution in [0.25, 0.3) is 22.0 Å². The molecule has 2 aromatic carbocycles. The Morgan fingerprint density at radius 3 is 2.48 bits per heavy atom. The van der Waals surface area contributed by atoms with Gasteiger partial charge in [0.2, 0.25) is 0 Å². The summed E-state index contributed by atoms with van der Waals surface area (Å²) in [4.78, 5) is 12.2. The molecule has 1 aromatic heterocycles. The predicted molar refractivity (Wildman–Crippen MR) is 128 cm³/mol. The molecule has 2 N–H and O–H groups in total. The summed E-state index contributed by atoms with van der Waals surface area (Å²) in [6.07, 6.45) is 4.45. The molecule has 0 spiro atoms. The van der Waals surface area contributed by atoms with Gasteiger partial charge in [-0.15, -0.1) is 0 Å². The normalized spacial score (nSPS) is 17.2. The number of benzene rings is 2. The van der Waals surface area contributed by atoms with Gasteiger partial charge in [0, 0.05) is 18.4 Å². The van der Waals surface area contributed by atoms with Crippen molar-refractivity contribution in [3.05, 3.63) is 48.2 Å². The van der Waals surface area contributed by atoms with Crippen LogP contribution in [0.3, 0.4) is 0 Å². The van der Waals surface area contributed by atoms with E-state index in [9.17, 15) is 9.90 Å². The van der Waals surface area contributed by atoms with E-state index < -0.39 is 17.2 Å². The molecule has 176 valence electrons. The molecule has 7 nitrogen and oxygen atoms in total. The number of hydrogen-bond acceptors (Lipinski definition) is 5. The molecule has 0 aliphatic carbocycles. The van der Waals surface area contributed by atoms with Gasteiger partial charge < -0.3 is 19.9 Å². The maximum Gasteiger partial charge on any atom is 0.408 e. The van der Waals surface area contributed by atoms with Crippen LogP contribution >= 0.6 is 0 Å². The van der Waals surface area contributed by atoms with Gasteiger partial charge in [-0.05, 0) is 77.1 Å². The monoisotopic (exact) mass is 451 g/mol. The van der Waals surface area contributed by atoms with Gasteiger partial charge in [0.25, 0.3) is 0 Å². The molecule has 1 aliphatic rings.